The first-order valence-corrected chi connectivity index (χ1v) is 9.46. The number of nitrogens with one attached hydrogen (secondary N) is 1. The van der Waals surface area contributed by atoms with Crippen molar-refractivity contribution in [2.45, 2.75) is 13.8 Å². The molecule has 0 fully saturated rings. The molecule has 23 heavy (non-hydrogen) atoms. The van der Waals surface area contributed by atoms with Crippen molar-refractivity contribution in [1.29, 1.82) is 0 Å². The van der Waals surface area contributed by atoms with Gasteiger partial charge in [-0.2, -0.15) is 0 Å². The number of nitrogens with zero attached hydrogens (tertiary/aromatic N) is 1. The standard InChI is InChI=1S/C16H23N2O4P/c1-13(2)12-22-14-5-7-15(8-6-14)23(21)10-4-3-9-18(23)11-16(19)17-20/h3-8,13,20H,9-12H2,1-2H3,(H,17,19). The van der Waals surface area contributed by atoms with E-state index in [-0.39, 0.29) is 6.54 Å². The van der Waals surface area contributed by atoms with E-state index in [0.717, 1.165) is 5.75 Å². The van der Waals surface area contributed by atoms with E-state index in [2.05, 4.69) is 13.8 Å². The lowest BCUT2D eigenvalue weighted by atomic mass is 10.2. The van der Waals surface area contributed by atoms with Crippen LogP contribution >= 0.6 is 7.29 Å². The molecule has 1 amide bonds. The van der Waals surface area contributed by atoms with E-state index in [0.29, 0.717) is 30.5 Å². The van der Waals surface area contributed by atoms with Gasteiger partial charge in [-0.3, -0.25) is 10.0 Å². The maximum Gasteiger partial charge on any atom is 0.257 e. The normalized spacial score (nSPS) is 21.4. The summed E-state index contributed by atoms with van der Waals surface area (Å²) in [4.78, 5) is 11.4. The highest BCUT2D eigenvalue weighted by Gasteiger charge is 2.34. The molecular weight excluding hydrogens is 315 g/mol. The highest BCUT2D eigenvalue weighted by molar-refractivity contribution is 7.69. The van der Waals surface area contributed by atoms with Crippen LogP contribution in [-0.2, 0) is 9.36 Å². The van der Waals surface area contributed by atoms with Crippen LogP contribution in [0.2, 0.25) is 0 Å². The van der Waals surface area contributed by atoms with E-state index in [1.54, 1.807) is 34.4 Å². The average Bonchev–Trinajstić information content (AvgIpc) is 2.55. The predicted molar refractivity (Wildman–Crippen MR) is 89.5 cm³/mol. The van der Waals surface area contributed by atoms with Gasteiger partial charge in [0, 0.05) is 18.0 Å². The second kappa shape index (κ2) is 7.77. The number of ether oxygens (including phenoxy) is 1. The first-order chi connectivity index (χ1) is 11.0. The van der Waals surface area contributed by atoms with Crippen molar-refractivity contribution >= 4 is 18.5 Å². The number of carbonyl (C=O) groups excluding carboxylic acids is 1. The third-order valence-electron chi connectivity index (χ3n) is 3.57. The zero-order chi connectivity index (χ0) is 16.9. The van der Waals surface area contributed by atoms with E-state index in [1.807, 2.05) is 12.2 Å². The topological polar surface area (TPSA) is 78.9 Å². The van der Waals surface area contributed by atoms with Gasteiger partial charge in [0.2, 0.25) is 0 Å². The molecule has 1 heterocycles. The number of allylic oxidation sites excluding steroid dienone is 1. The van der Waals surface area contributed by atoms with Crippen LogP contribution in [0.15, 0.2) is 36.4 Å². The SMILES string of the molecule is CC(C)COc1ccc(P2(=O)CC=CCN2CC(=O)NO)cc1. The smallest absolute Gasteiger partial charge is 0.257 e. The average molecular weight is 338 g/mol. The number of amides is 1. The Hall–Kier alpha value is -1.62. The van der Waals surface area contributed by atoms with E-state index in [9.17, 15) is 9.36 Å². The van der Waals surface area contributed by atoms with Gasteiger partial charge < -0.3 is 9.30 Å². The molecule has 0 spiro atoms. The molecule has 126 valence electrons. The lowest BCUT2D eigenvalue weighted by molar-refractivity contribution is -0.129. The summed E-state index contributed by atoms with van der Waals surface area (Å²) >= 11 is 0. The summed E-state index contributed by atoms with van der Waals surface area (Å²) in [6.07, 6.45) is 4.12. The Bertz CT molecular complexity index is 613. The quantitative estimate of drug-likeness (QED) is 0.359. The molecule has 1 unspecified atom stereocenters. The molecule has 1 atom stereocenters. The fraction of sp³-hybridized carbons (Fsp3) is 0.438. The largest absolute Gasteiger partial charge is 0.493 e. The number of benzene rings is 1. The molecule has 0 radical (unpaired) electrons. The molecule has 7 heteroatoms. The van der Waals surface area contributed by atoms with Crippen LogP contribution in [0, 0.1) is 5.92 Å². The van der Waals surface area contributed by atoms with Gasteiger partial charge in [0.25, 0.3) is 5.91 Å². The molecule has 0 bridgehead atoms. The fourth-order valence-corrected chi connectivity index (χ4v) is 4.88. The van der Waals surface area contributed by atoms with Crippen LogP contribution in [0.3, 0.4) is 0 Å². The number of hydroxylamine groups is 1. The molecule has 0 saturated carbocycles. The van der Waals surface area contributed by atoms with Crippen LogP contribution in [0.4, 0.5) is 0 Å². The first kappa shape index (κ1) is 17.7. The second-order valence-corrected chi connectivity index (χ2v) is 8.79. The molecule has 1 aliphatic rings. The van der Waals surface area contributed by atoms with Gasteiger partial charge in [0.05, 0.1) is 13.2 Å². The van der Waals surface area contributed by atoms with Crippen molar-refractivity contribution in [2.75, 3.05) is 25.9 Å². The zero-order valence-corrected chi connectivity index (χ0v) is 14.3. The molecule has 1 aromatic carbocycles. The van der Waals surface area contributed by atoms with Gasteiger partial charge in [-0.15, -0.1) is 0 Å². The second-order valence-electron chi connectivity index (χ2n) is 5.94. The Balaban J connectivity index is 2.18. The molecular formula is C16H23N2O4P. The van der Waals surface area contributed by atoms with Gasteiger partial charge in [-0.1, -0.05) is 26.0 Å². The summed E-state index contributed by atoms with van der Waals surface area (Å²) in [7, 11) is -2.88. The molecule has 6 nitrogen and oxygen atoms in total. The fourth-order valence-electron chi connectivity index (χ4n) is 2.35. The summed E-state index contributed by atoms with van der Waals surface area (Å²) < 4.78 is 20.6. The van der Waals surface area contributed by atoms with E-state index < -0.39 is 13.2 Å². The van der Waals surface area contributed by atoms with Crippen LogP contribution in [-0.4, -0.2) is 41.6 Å². The first-order valence-electron chi connectivity index (χ1n) is 7.61. The van der Waals surface area contributed by atoms with Gasteiger partial charge in [0.1, 0.15) is 5.75 Å². The van der Waals surface area contributed by atoms with E-state index in [1.165, 1.54) is 0 Å². The number of rotatable bonds is 6. The van der Waals surface area contributed by atoms with Gasteiger partial charge in [-0.05, 0) is 30.2 Å². The van der Waals surface area contributed by atoms with Crippen molar-refractivity contribution in [3.8, 4) is 5.75 Å². The Kier molecular flexibility index (Phi) is 5.99. The Labute approximate surface area is 136 Å². The summed E-state index contributed by atoms with van der Waals surface area (Å²) in [5, 5.41) is 9.38. The summed E-state index contributed by atoms with van der Waals surface area (Å²) in [5.41, 5.74) is 1.59. The van der Waals surface area contributed by atoms with Gasteiger partial charge >= 0.3 is 0 Å². The third kappa shape index (κ3) is 4.44. The lowest BCUT2D eigenvalue weighted by Crippen LogP contribution is -2.38. The summed E-state index contributed by atoms with van der Waals surface area (Å²) in [6, 6.07) is 7.19. The third-order valence-corrected chi connectivity index (χ3v) is 6.60. The minimum Gasteiger partial charge on any atom is -0.493 e. The Morgan fingerprint density at radius 2 is 2.04 bits per heavy atom. The highest BCUT2D eigenvalue weighted by atomic mass is 31.2. The minimum atomic E-state index is -2.88. The monoisotopic (exact) mass is 338 g/mol. The lowest BCUT2D eigenvalue weighted by Gasteiger charge is -2.32. The summed E-state index contributed by atoms with van der Waals surface area (Å²) in [6.45, 7) is 5.08. The minimum absolute atomic E-state index is 0.107. The maximum absolute atomic E-state index is 13.4. The zero-order valence-electron chi connectivity index (χ0n) is 13.4. The van der Waals surface area contributed by atoms with Crippen LogP contribution < -0.4 is 15.5 Å². The molecule has 2 rings (SSSR count). The van der Waals surface area contributed by atoms with Gasteiger partial charge in [0.15, 0.2) is 7.29 Å². The number of carbonyl (C=O) groups is 1. The van der Waals surface area contributed by atoms with Crippen LogP contribution in [0.5, 0.6) is 5.75 Å². The van der Waals surface area contributed by atoms with Crippen molar-refractivity contribution in [3.63, 3.8) is 0 Å². The van der Waals surface area contributed by atoms with Crippen LogP contribution in [0.1, 0.15) is 13.8 Å². The molecule has 0 saturated heterocycles. The van der Waals surface area contributed by atoms with E-state index in [4.69, 9.17) is 9.94 Å². The van der Waals surface area contributed by atoms with Crippen LogP contribution in [0.25, 0.3) is 0 Å². The Morgan fingerprint density at radius 3 is 2.65 bits per heavy atom. The maximum atomic E-state index is 13.4. The van der Waals surface area contributed by atoms with Crippen molar-refractivity contribution < 1.29 is 19.3 Å². The number of hydrogen-bond acceptors (Lipinski definition) is 4. The molecule has 2 N–H and O–H groups in total. The highest BCUT2D eigenvalue weighted by Crippen LogP contribution is 2.50. The predicted octanol–water partition coefficient (Wildman–Crippen LogP) is 2.00. The van der Waals surface area contributed by atoms with Crippen molar-refractivity contribution in [3.05, 3.63) is 36.4 Å². The molecule has 1 aliphatic heterocycles. The molecule has 1 aromatic rings. The van der Waals surface area contributed by atoms with Gasteiger partial charge in [-0.25, -0.2) is 10.2 Å². The van der Waals surface area contributed by atoms with Crippen molar-refractivity contribution in [1.82, 2.24) is 10.2 Å². The van der Waals surface area contributed by atoms with E-state index >= 15 is 0 Å². The number of hydrogen-bond donors (Lipinski definition) is 2. The Morgan fingerprint density at radius 1 is 1.35 bits per heavy atom. The molecule has 0 aromatic heterocycles. The van der Waals surface area contributed by atoms with Crippen molar-refractivity contribution in [2.24, 2.45) is 5.92 Å². The molecule has 0 aliphatic carbocycles. The summed E-state index contributed by atoms with van der Waals surface area (Å²) in [5.74, 6) is 0.600.